The predicted octanol–water partition coefficient (Wildman–Crippen LogP) is 1.01. The van der Waals surface area contributed by atoms with E-state index in [1.807, 2.05) is 18.5 Å². The van der Waals surface area contributed by atoms with Crippen molar-refractivity contribution in [2.75, 3.05) is 13.2 Å². The standard InChI is InChI=1S/C12H24N4O/c1-5-12(6-2,9-17)8-13-7-11-15-14-10(3)16(11)4/h13,17H,5-9H2,1-4H3. The van der Waals surface area contributed by atoms with Gasteiger partial charge in [0.25, 0.3) is 0 Å². The van der Waals surface area contributed by atoms with Gasteiger partial charge in [-0.1, -0.05) is 13.8 Å². The van der Waals surface area contributed by atoms with Crippen LogP contribution in [0.1, 0.15) is 38.3 Å². The Bertz CT molecular complexity index is 336. The van der Waals surface area contributed by atoms with Gasteiger partial charge in [0.05, 0.1) is 6.54 Å². The number of aliphatic hydroxyl groups excluding tert-OH is 1. The van der Waals surface area contributed by atoms with Gasteiger partial charge in [-0.3, -0.25) is 0 Å². The zero-order chi connectivity index (χ0) is 12.9. The van der Waals surface area contributed by atoms with E-state index in [1.54, 1.807) is 0 Å². The number of aryl methyl sites for hydroxylation is 1. The van der Waals surface area contributed by atoms with E-state index in [4.69, 9.17) is 0 Å². The Morgan fingerprint density at radius 3 is 2.35 bits per heavy atom. The smallest absolute Gasteiger partial charge is 0.146 e. The Kier molecular flexibility index (Phi) is 5.08. The lowest BCUT2D eigenvalue weighted by molar-refractivity contribution is 0.112. The fourth-order valence-electron chi connectivity index (χ4n) is 1.82. The van der Waals surface area contributed by atoms with Crippen LogP contribution in [0.3, 0.4) is 0 Å². The minimum absolute atomic E-state index is 0.00631. The number of hydrogen-bond acceptors (Lipinski definition) is 4. The molecule has 0 aromatic carbocycles. The molecule has 2 N–H and O–H groups in total. The number of aromatic nitrogens is 3. The van der Waals surface area contributed by atoms with E-state index in [0.717, 1.165) is 31.0 Å². The van der Waals surface area contributed by atoms with Crippen molar-refractivity contribution in [2.24, 2.45) is 12.5 Å². The molecule has 0 saturated heterocycles. The molecule has 1 aromatic rings. The van der Waals surface area contributed by atoms with Crippen molar-refractivity contribution in [3.8, 4) is 0 Å². The number of nitrogens with one attached hydrogen (secondary N) is 1. The molecule has 0 radical (unpaired) electrons. The van der Waals surface area contributed by atoms with Gasteiger partial charge in [0.2, 0.25) is 0 Å². The number of aliphatic hydroxyl groups is 1. The molecule has 0 aliphatic heterocycles. The highest BCUT2D eigenvalue weighted by Gasteiger charge is 2.24. The van der Waals surface area contributed by atoms with E-state index in [-0.39, 0.29) is 12.0 Å². The Hall–Kier alpha value is -0.940. The average molecular weight is 240 g/mol. The molecule has 5 nitrogen and oxygen atoms in total. The molecular weight excluding hydrogens is 216 g/mol. The summed E-state index contributed by atoms with van der Waals surface area (Å²) in [5.41, 5.74) is -0.00631. The Balaban J connectivity index is 2.49. The zero-order valence-corrected chi connectivity index (χ0v) is 11.3. The van der Waals surface area contributed by atoms with E-state index < -0.39 is 0 Å². The third-order valence-electron chi connectivity index (χ3n) is 3.80. The van der Waals surface area contributed by atoms with Crippen LogP contribution in [0.15, 0.2) is 0 Å². The lowest BCUT2D eigenvalue weighted by Gasteiger charge is -2.29. The van der Waals surface area contributed by atoms with Crippen molar-refractivity contribution < 1.29 is 5.11 Å². The molecule has 0 aliphatic carbocycles. The predicted molar refractivity (Wildman–Crippen MR) is 67.5 cm³/mol. The van der Waals surface area contributed by atoms with Crippen LogP contribution in [0, 0.1) is 12.3 Å². The third-order valence-corrected chi connectivity index (χ3v) is 3.80. The second-order valence-electron chi connectivity index (χ2n) is 4.69. The van der Waals surface area contributed by atoms with Crippen LogP contribution in [0.25, 0.3) is 0 Å². The van der Waals surface area contributed by atoms with Gasteiger partial charge >= 0.3 is 0 Å². The summed E-state index contributed by atoms with van der Waals surface area (Å²) < 4.78 is 1.98. The summed E-state index contributed by atoms with van der Waals surface area (Å²) in [5, 5.41) is 20.9. The first kappa shape index (κ1) is 14.1. The minimum Gasteiger partial charge on any atom is -0.396 e. The van der Waals surface area contributed by atoms with Gasteiger partial charge in [0, 0.05) is 25.6 Å². The first-order valence-corrected chi connectivity index (χ1v) is 6.25. The highest BCUT2D eigenvalue weighted by Crippen LogP contribution is 2.24. The number of rotatable bonds is 7. The molecule has 5 heteroatoms. The molecule has 0 fully saturated rings. The van der Waals surface area contributed by atoms with Gasteiger partial charge in [0.15, 0.2) is 0 Å². The van der Waals surface area contributed by atoms with Crippen LogP contribution in [0.5, 0.6) is 0 Å². The van der Waals surface area contributed by atoms with Crippen LogP contribution >= 0.6 is 0 Å². The van der Waals surface area contributed by atoms with E-state index in [1.165, 1.54) is 0 Å². The molecule has 17 heavy (non-hydrogen) atoms. The number of nitrogens with zero attached hydrogens (tertiary/aromatic N) is 3. The molecule has 0 unspecified atom stereocenters. The summed E-state index contributed by atoms with van der Waals surface area (Å²) >= 11 is 0. The van der Waals surface area contributed by atoms with Gasteiger partial charge < -0.3 is 15.0 Å². The Morgan fingerprint density at radius 1 is 1.29 bits per heavy atom. The van der Waals surface area contributed by atoms with Gasteiger partial charge in [-0.25, -0.2) is 0 Å². The average Bonchev–Trinajstić information content (AvgIpc) is 2.67. The van der Waals surface area contributed by atoms with E-state index in [0.29, 0.717) is 6.54 Å². The maximum absolute atomic E-state index is 9.46. The molecule has 0 saturated carbocycles. The van der Waals surface area contributed by atoms with Crippen LogP contribution in [0.4, 0.5) is 0 Å². The molecule has 0 bridgehead atoms. The lowest BCUT2D eigenvalue weighted by atomic mass is 9.83. The fraction of sp³-hybridized carbons (Fsp3) is 0.833. The van der Waals surface area contributed by atoms with Crippen molar-refractivity contribution in [2.45, 2.75) is 40.2 Å². The molecule has 1 rings (SSSR count). The first-order chi connectivity index (χ1) is 8.08. The second-order valence-corrected chi connectivity index (χ2v) is 4.69. The maximum atomic E-state index is 9.46. The molecule has 0 atom stereocenters. The van der Waals surface area contributed by atoms with Gasteiger partial charge in [-0.2, -0.15) is 0 Å². The highest BCUT2D eigenvalue weighted by atomic mass is 16.3. The van der Waals surface area contributed by atoms with Crippen LogP contribution in [0.2, 0.25) is 0 Å². The first-order valence-electron chi connectivity index (χ1n) is 6.25. The quantitative estimate of drug-likeness (QED) is 0.746. The highest BCUT2D eigenvalue weighted by molar-refractivity contribution is 4.92. The lowest BCUT2D eigenvalue weighted by Crippen LogP contribution is -2.36. The van der Waals surface area contributed by atoms with Gasteiger partial charge in [-0.15, -0.1) is 10.2 Å². The Morgan fingerprint density at radius 2 is 1.94 bits per heavy atom. The SMILES string of the molecule is CCC(CC)(CO)CNCc1nnc(C)n1C. The van der Waals surface area contributed by atoms with Crippen molar-refractivity contribution >= 4 is 0 Å². The molecular formula is C12H24N4O. The normalized spacial score (nSPS) is 12.1. The van der Waals surface area contributed by atoms with Gasteiger partial charge in [0.1, 0.15) is 11.6 Å². The second kappa shape index (κ2) is 6.12. The minimum atomic E-state index is -0.00631. The summed E-state index contributed by atoms with van der Waals surface area (Å²) in [6, 6.07) is 0. The summed E-state index contributed by atoms with van der Waals surface area (Å²) in [7, 11) is 1.96. The van der Waals surface area contributed by atoms with Crippen molar-refractivity contribution in [1.82, 2.24) is 20.1 Å². The third kappa shape index (κ3) is 3.26. The van der Waals surface area contributed by atoms with Crippen molar-refractivity contribution in [3.05, 3.63) is 11.6 Å². The molecule has 0 aliphatic rings. The molecule has 1 heterocycles. The molecule has 1 aromatic heterocycles. The monoisotopic (exact) mass is 240 g/mol. The number of hydrogen-bond donors (Lipinski definition) is 2. The summed E-state index contributed by atoms with van der Waals surface area (Å²) in [6.45, 7) is 7.90. The van der Waals surface area contributed by atoms with Gasteiger partial charge in [-0.05, 0) is 19.8 Å². The van der Waals surface area contributed by atoms with Crippen molar-refractivity contribution in [3.63, 3.8) is 0 Å². The topological polar surface area (TPSA) is 63.0 Å². The van der Waals surface area contributed by atoms with Crippen LogP contribution in [-0.4, -0.2) is 33.0 Å². The van der Waals surface area contributed by atoms with Crippen molar-refractivity contribution in [1.29, 1.82) is 0 Å². The van der Waals surface area contributed by atoms with E-state index in [9.17, 15) is 5.11 Å². The Labute approximate surface area is 103 Å². The fourth-order valence-corrected chi connectivity index (χ4v) is 1.82. The van der Waals surface area contributed by atoms with E-state index in [2.05, 4.69) is 29.4 Å². The zero-order valence-electron chi connectivity index (χ0n) is 11.3. The largest absolute Gasteiger partial charge is 0.396 e. The molecule has 0 amide bonds. The molecule has 0 spiro atoms. The molecule has 98 valence electrons. The van der Waals surface area contributed by atoms with E-state index >= 15 is 0 Å². The summed E-state index contributed by atoms with van der Waals surface area (Å²) in [4.78, 5) is 0. The van der Waals surface area contributed by atoms with Crippen LogP contribution < -0.4 is 5.32 Å². The maximum Gasteiger partial charge on any atom is 0.146 e. The summed E-state index contributed by atoms with van der Waals surface area (Å²) in [6.07, 6.45) is 1.95. The summed E-state index contributed by atoms with van der Waals surface area (Å²) in [5.74, 6) is 1.85. The van der Waals surface area contributed by atoms with Crippen LogP contribution in [-0.2, 0) is 13.6 Å².